The van der Waals surface area contributed by atoms with Crippen molar-refractivity contribution in [1.82, 2.24) is 10.2 Å². The number of likely N-dealkylation sites (tertiary alicyclic amines) is 1. The summed E-state index contributed by atoms with van der Waals surface area (Å²) in [5.74, 6) is -2.60. The van der Waals surface area contributed by atoms with E-state index < -0.39 is 29.3 Å². The summed E-state index contributed by atoms with van der Waals surface area (Å²) in [7, 11) is 0. The van der Waals surface area contributed by atoms with E-state index in [1.165, 1.54) is 29.2 Å². The number of nitrogens with zero attached hydrogens (tertiary/aromatic N) is 1. The van der Waals surface area contributed by atoms with Gasteiger partial charge in [-0.1, -0.05) is 12.1 Å². The molecule has 8 heteroatoms. The van der Waals surface area contributed by atoms with Crippen LogP contribution in [0.3, 0.4) is 0 Å². The lowest BCUT2D eigenvalue weighted by atomic mass is 9.95. The number of carbonyl (C=O) groups is 2. The molecule has 0 spiro atoms. The Labute approximate surface area is 166 Å². The zero-order valence-electron chi connectivity index (χ0n) is 15.5. The van der Waals surface area contributed by atoms with E-state index in [4.69, 9.17) is 5.11 Å². The van der Waals surface area contributed by atoms with Gasteiger partial charge in [-0.05, 0) is 42.0 Å². The number of nitrogens with one attached hydrogen (secondary N) is 1. The van der Waals surface area contributed by atoms with Gasteiger partial charge in [0.25, 0.3) is 11.7 Å². The first kappa shape index (κ1) is 20.5. The third-order valence-electron chi connectivity index (χ3n) is 4.66. The average Bonchev–Trinajstić information content (AvgIpc) is 2.96. The van der Waals surface area contributed by atoms with Crippen LogP contribution in [0.25, 0.3) is 5.76 Å². The van der Waals surface area contributed by atoms with E-state index in [2.05, 4.69) is 5.32 Å². The molecule has 29 heavy (non-hydrogen) atoms. The second kappa shape index (κ2) is 8.85. The van der Waals surface area contributed by atoms with Crippen molar-refractivity contribution in [3.05, 3.63) is 71.0 Å². The summed E-state index contributed by atoms with van der Waals surface area (Å²) in [5, 5.41) is 32.5. The number of halogens is 1. The van der Waals surface area contributed by atoms with Crippen LogP contribution in [0.4, 0.5) is 4.39 Å². The summed E-state index contributed by atoms with van der Waals surface area (Å²) < 4.78 is 13.2. The minimum Gasteiger partial charge on any atom is -0.508 e. The molecule has 0 unspecified atom stereocenters. The van der Waals surface area contributed by atoms with E-state index in [9.17, 15) is 24.2 Å². The van der Waals surface area contributed by atoms with Gasteiger partial charge in [-0.25, -0.2) is 4.39 Å². The molecule has 1 saturated heterocycles. The molecule has 0 aromatic heterocycles. The van der Waals surface area contributed by atoms with Gasteiger partial charge in [-0.3, -0.25) is 9.59 Å². The number of aromatic hydroxyl groups is 1. The molecule has 1 aliphatic rings. The van der Waals surface area contributed by atoms with Crippen molar-refractivity contribution in [3.63, 3.8) is 0 Å². The maximum Gasteiger partial charge on any atom is 0.295 e. The van der Waals surface area contributed by atoms with Gasteiger partial charge in [0.2, 0.25) is 0 Å². The van der Waals surface area contributed by atoms with Gasteiger partial charge < -0.3 is 25.5 Å². The Kier molecular flexibility index (Phi) is 6.26. The molecule has 0 bridgehead atoms. The molecule has 0 aliphatic carbocycles. The van der Waals surface area contributed by atoms with Gasteiger partial charge in [0.05, 0.1) is 18.2 Å². The molecule has 1 heterocycles. The summed E-state index contributed by atoms with van der Waals surface area (Å²) in [6.07, 6.45) is 0. The first-order valence-corrected chi connectivity index (χ1v) is 9.09. The number of Topliss-reactive ketones (excluding diaryl/α,β-unsaturated/α-hetero) is 1. The number of benzene rings is 2. The highest BCUT2D eigenvalue weighted by Crippen LogP contribution is 2.39. The number of rotatable bonds is 7. The Morgan fingerprint density at radius 3 is 2.48 bits per heavy atom. The van der Waals surface area contributed by atoms with Crippen LogP contribution in [0, 0.1) is 5.82 Å². The second-order valence-corrected chi connectivity index (χ2v) is 6.57. The van der Waals surface area contributed by atoms with Crippen molar-refractivity contribution < 1.29 is 29.3 Å². The first-order chi connectivity index (χ1) is 13.9. The zero-order chi connectivity index (χ0) is 21.0. The first-order valence-electron chi connectivity index (χ1n) is 9.09. The predicted molar refractivity (Wildman–Crippen MR) is 103 cm³/mol. The van der Waals surface area contributed by atoms with Crippen LogP contribution in [-0.2, 0) is 9.59 Å². The Bertz CT molecular complexity index is 942. The van der Waals surface area contributed by atoms with Gasteiger partial charge in [0, 0.05) is 25.2 Å². The van der Waals surface area contributed by atoms with Crippen molar-refractivity contribution >= 4 is 17.4 Å². The molecular weight excluding hydrogens is 379 g/mol. The molecule has 0 saturated carbocycles. The summed E-state index contributed by atoms with van der Waals surface area (Å²) >= 11 is 0. The van der Waals surface area contributed by atoms with Gasteiger partial charge in [0.1, 0.15) is 17.3 Å². The van der Waals surface area contributed by atoms with Gasteiger partial charge >= 0.3 is 0 Å². The topological polar surface area (TPSA) is 110 Å². The summed E-state index contributed by atoms with van der Waals surface area (Å²) in [5.41, 5.74) is 0.525. The molecule has 2 aromatic carbocycles. The normalized spacial score (nSPS) is 18.4. The SMILES string of the molecule is O=C1C(=O)N(CCNCCO)[C@H](c2cccc(O)c2)C1=C(O)c1ccc(F)cc1. The summed E-state index contributed by atoms with van der Waals surface area (Å²) in [6, 6.07) is 10.1. The lowest BCUT2D eigenvalue weighted by Crippen LogP contribution is -2.36. The molecule has 7 nitrogen and oxygen atoms in total. The van der Waals surface area contributed by atoms with Crippen molar-refractivity contribution in [1.29, 1.82) is 0 Å². The molecule has 1 amide bonds. The van der Waals surface area contributed by atoms with Crippen LogP contribution >= 0.6 is 0 Å². The monoisotopic (exact) mass is 400 g/mol. The molecule has 152 valence electrons. The molecule has 4 N–H and O–H groups in total. The Balaban J connectivity index is 2.07. The van der Waals surface area contributed by atoms with Gasteiger partial charge in [-0.2, -0.15) is 0 Å². The molecule has 3 rings (SSSR count). The van der Waals surface area contributed by atoms with E-state index in [1.54, 1.807) is 12.1 Å². The molecule has 1 atom stereocenters. The van der Waals surface area contributed by atoms with Crippen molar-refractivity contribution in [2.45, 2.75) is 6.04 Å². The standard InChI is InChI=1S/C21H21FN2O5/c22-15-6-4-13(5-7-15)19(27)17-18(14-2-1-3-16(26)12-14)24(21(29)20(17)28)10-8-23-9-11-25/h1-7,12,18,23,25-27H,8-11H2/t18-/m1/s1. The molecule has 2 aromatic rings. The molecule has 0 radical (unpaired) electrons. The summed E-state index contributed by atoms with van der Waals surface area (Å²) in [6.45, 7) is 0.722. The van der Waals surface area contributed by atoms with Crippen LogP contribution in [-0.4, -0.2) is 58.2 Å². The number of carbonyl (C=O) groups excluding carboxylic acids is 2. The van der Waals surface area contributed by atoms with E-state index >= 15 is 0 Å². The Hall–Kier alpha value is -3.23. The average molecular weight is 400 g/mol. The number of aliphatic hydroxyl groups excluding tert-OH is 2. The highest BCUT2D eigenvalue weighted by atomic mass is 19.1. The van der Waals surface area contributed by atoms with Crippen molar-refractivity contribution in [3.8, 4) is 5.75 Å². The van der Waals surface area contributed by atoms with Crippen LogP contribution < -0.4 is 5.32 Å². The third kappa shape index (κ3) is 4.28. The summed E-state index contributed by atoms with van der Waals surface area (Å²) in [4.78, 5) is 26.7. The molecule has 1 fully saturated rings. The highest BCUT2D eigenvalue weighted by molar-refractivity contribution is 6.46. The lowest BCUT2D eigenvalue weighted by Gasteiger charge is -2.25. The van der Waals surface area contributed by atoms with Gasteiger partial charge in [-0.15, -0.1) is 0 Å². The van der Waals surface area contributed by atoms with Crippen LogP contribution in [0.5, 0.6) is 5.75 Å². The lowest BCUT2D eigenvalue weighted by molar-refractivity contribution is -0.139. The fraction of sp³-hybridized carbons (Fsp3) is 0.238. The van der Waals surface area contributed by atoms with E-state index in [0.717, 1.165) is 12.1 Å². The minimum absolute atomic E-state index is 0.0479. The Morgan fingerprint density at radius 1 is 1.10 bits per heavy atom. The molecule has 1 aliphatic heterocycles. The quantitative estimate of drug-likeness (QED) is 0.243. The van der Waals surface area contributed by atoms with E-state index in [0.29, 0.717) is 18.7 Å². The third-order valence-corrected chi connectivity index (χ3v) is 4.66. The number of phenols is 1. The number of hydrogen-bond acceptors (Lipinski definition) is 6. The van der Waals surface area contributed by atoms with Crippen LogP contribution in [0.15, 0.2) is 54.1 Å². The number of phenolic OH excluding ortho intramolecular Hbond substituents is 1. The fourth-order valence-electron chi connectivity index (χ4n) is 3.32. The van der Waals surface area contributed by atoms with Crippen molar-refractivity contribution in [2.75, 3.05) is 26.2 Å². The largest absolute Gasteiger partial charge is 0.508 e. The zero-order valence-corrected chi connectivity index (χ0v) is 15.5. The maximum atomic E-state index is 13.2. The highest BCUT2D eigenvalue weighted by Gasteiger charge is 2.45. The van der Waals surface area contributed by atoms with Gasteiger partial charge in [0.15, 0.2) is 0 Å². The van der Waals surface area contributed by atoms with E-state index in [-0.39, 0.29) is 30.0 Å². The molecular formula is C21H21FN2O5. The number of aliphatic hydroxyl groups is 2. The number of hydrogen-bond donors (Lipinski definition) is 4. The minimum atomic E-state index is -0.914. The van der Waals surface area contributed by atoms with Crippen LogP contribution in [0.2, 0.25) is 0 Å². The fourth-order valence-corrected chi connectivity index (χ4v) is 3.32. The number of ketones is 1. The predicted octanol–water partition coefficient (Wildman–Crippen LogP) is 1.53. The second-order valence-electron chi connectivity index (χ2n) is 6.57. The maximum absolute atomic E-state index is 13.2. The Morgan fingerprint density at radius 2 is 1.83 bits per heavy atom. The van der Waals surface area contributed by atoms with Crippen molar-refractivity contribution in [2.24, 2.45) is 0 Å². The van der Waals surface area contributed by atoms with Crippen LogP contribution in [0.1, 0.15) is 17.2 Å². The smallest absolute Gasteiger partial charge is 0.295 e. The van der Waals surface area contributed by atoms with E-state index in [1.807, 2.05) is 0 Å². The number of amides is 1.